The molecule has 0 aromatic heterocycles. The molecular weight excluding hydrogens is 384 g/mol. The second-order valence-corrected chi connectivity index (χ2v) is 5.87. The van der Waals surface area contributed by atoms with Gasteiger partial charge in [0.1, 0.15) is 5.82 Å². The summed E-state index contributed by atoms with van der Waals surface area (Å²) in [5.74, 6) is -0.261. The predicted octanol–water partition coefficient (Wildman–Crippen LogP) is 5.62. The van der Waals surface area contributed by atoms with E-state index >= 15 is 0 Å². The summed E-state index contributed by atoms with van der Waals surface area (Å²) in [4.78, 5) is 0. The number of hydrogen-bond donors (Lipinski definition) is 1. The van der Waals surface area contributed by atoms with E-state index in [0.717, 1.165) is 15.7 Å². The molecule has 94 valence electrons. The van der Waals surface area contributed by atoms with Crippen LogP contribution >= 0.6 is 43.5 Å². The van der Waals surface area contributed by atoms with Crippen LogP contribution in [0.2, 0.25) is 5.02 Å². The Morgan fingerprint density at radius 2 is 1.83 bits per heavy atom. The lowest BCUT2D eigenvalue weighted by Crippen LogP contribution is -2.00. The molecule has 0 atom stereocenters. The van der Waals surface area contributed by atoms with Gasteiger partial charge < -0.3 is 5.32 Å². The minimum Gasteiger partial charge on any atom is -0.380 e. The maximum absolute atomic E-state index is 13.1. The van der Waals surface area contributed by atoms with E-state index in [1.54, 1.807) is 12.1 Å². The summed E-state index contributed by atoms with van der Waals surface area (Å²) >= 11 is 12.5. The Balaban J connectivity index is 2.11. The monoisotopic (exact) mass is 391 g/mol. The van der Waals surface area contributed by atoms with Crippen LogP contribution in [0.25, 0.3) is 0 Å². The molecule has 1 N–H and O–H groups in total. The first-order valence-corrected chi connectivity index (χ1v) is 7.15. The number of anilines is 1. The van der Waals surface area contributed by atoms with E-state index in [1.807, 2.05) is 18.2 Å². The quantitative estimate of drug-likeness (QED) is 0.714. The summed E-state index contributed by atoms with van der Waals surface area (Å²) in [6.45, 7) is 0.595. The Kier molecular flexibility index (Phi) is 4.65. The Morgan fingerprint density at radius 1 is 1.06 bits per heavy atom. The lowest BCUT2D eigenvalue weighted by Gasteiger charge is -2.09. The maximum Gasteiger partial charge on any atom is 0.137 e. The van der Waals surface area contributed by atoms with Crippen LogP contribution in [0.3, 0.4) is 0 Å². The van der Waals surface area contributed by atoms with Crippen LogP contribution in [0.4, 0.5) is 10.1 Å². The molecule has 2 aromatic carbocycles. The minimum atomic E-state index is -0.261. The third-order valence-corrected chi connectivity index (χ3v) is 3.93. The van der Waals surface area contributed by atoms with Crippen molar-refractivity contribution < 1.29 is 4.39 Å². The number of halogens is 4. The topological polar surface area (TPSA) is 12.0 Å². The first kappa shape index (κ1) is 13.8. The SMILES string of the molecule is Fc1ccc(CNc2cc(Cl)ccc2Br)cc1Br. The van der Waals surface area contributed by atoms with Crippen molar-refractivity contribution in [1.82, 2.24) is 0 Å². The third-order valence-electron chi connectivity index (χ3n) is 2.40. The van der Waals surface area contributed by atoms with Crippen molar-refractivity contribution in [3.8, 4) is 0 Å². The average Bonchev–Trinajstić information content (AvgIpc) is 2.34. The lowest BCUT2D eigenvalue weighted by molar-refractivity contribution is 0.620. The number of hydrogen-bond acceptors (Lipinski definition) is 1. The van der Waals surface area contributed by atoms with Crippen molar-refractivity contribution in [1.29, 1.82) is 0 Å². The number of nitrogens with one attached hydrogen (secondary N) is 1. The molecule has 0 radical (unpaired) electrons. The fourth-order valence-electron chi connectivity index (χ4n) is 1.48. The first-order chi connectivity index (χ1) is 8.56. The van der Waals surface area contributed by atoms with Gasteiger partial charge in [0.15, 0.2) is 0 Å². The van der Waals surface area contributed by atoms with Crippen molar-refractivity contribution in [3.05, 3.63) is 61.7 Å². The average molecular weight is 393 g/mol. The number of benzene rings is 2. The molecule has 0 fully saturated rings. The zero-order valence-corrected chi connectivity index (χ0v) is 13.1. The standard InChI is InChI=1S/C13H9Br2ClFN/c14-10-3-2-9(16)6-13(10)18-7-8-1-4-12(17)11(15)5-8/h1-6,18H,7H2. The van der Waals surface area contributed by atoms with Gasteiger partial charge in [0.2, 0.25) is 0 Å². The zero-order chi connectivity index (χ0) is 13.1. The van der Waals surface area contributed by atoms with Gasteiger partial charge in [0.25, 0.3) is 0 Å². The van der Waals surface area contributed by atoms with E-state index in [9.17, 15) is 4.39 Å². The highest BCUT2D eigenvalue weighted by molar-refractivity contribution is 9.10. The molecule has 0 saturated carbocycles. The summed E-state index contributed by atoms with van der Waals surface area (Å²) in [6, 6.07) is 10.5. The van der Waals surface area contributed by atoms with Gasteiger partial charge in [-0.1, -0.05) is 17.7 Å². The summed E-state index contributed by atoms with van der Waals surface area (Å²) in [7, 11) is 0. The summed E-state index contributed by atoms with van der Waals surface area (Å²) < 4.78 is 14.5. The normalized spacial score (nSPS) is 10.4. The molecule has 0 amide bonds. The van der Waals surface area contributed by atoms with Crippen LogP contribution in [0.5, 0.6) is 0 Å². The molecule has 0 saturated heterocycles. The van der Waals surface area contributed by atoms with E-state index in [1.165, 1.54) is 6.07 Å². The molecule has 0 aliphatic heterocycles. The van der Waals surface area contributed by atoms with E-state index in [2.05, 4.69) is 37.2 Å². The van der Waals surface area contributed by atoms with Crippen LogP contribution in [0.1, 0.15) is 5.56 Å². The molecule has 0 unspecified atom stereocenters. The van der Waals surface area contributed by atoms with E-state index < -0.39 is 0 Å². The molecule has 0 aliphatic carbocycles. The van der Waals surface area contributed by atoms with Gasteiger partial charge in [0.05, 0.1) is 10.2 Å². The Labute approximate surface area is 127 Å². The van der Waals surface area contributed by atoms with Crippen molar-refractivity contribution >= 4 is 49.1 Å². The fraction of sp³-hybridized carbons (Fsp3) is 0.0769. The highest BCUT2D eigenvalue weighted by Crippen LogP contribution is 2.26. The lowest BCUT2D eigenvalue weighted by atomic mass is 10.2. The predicted molar refractivity (Wildman–Crippen MR) is 80.6 cm³/mol. The number of rotatable bonds is 3. The summed E-state index contributed by atoms with van der Waals surface area (Å²) in [5.41, 5.74) is 1.89. The molecule has 2 rings (SSSR count). The van der Waals surface area contributed by atoms with Gasteiger partial charge in [-0.2, -0.15) is 0 Å². The van der Waals surface area contributed by atoms with Crippen molar-refractivity contribution in [2.24, 2.45) is 0 Å². The van der Waals surface area contributed by atoms with Crippen molar-refractivity contribution in [2.75, 3.05) is 5.32 Å². The van der Waals surface area contributed by atoms with E-state index in [-0.39, 0.29) is 5.82 Å². The van der Waals surface area contributed by atoms with E-state index in [4.69, 9.17) is 11.6 Å². The van der Waals surface area contributed by atoms with Crippen molar-refractivity contribution in [3.63, 3.8) is 0 Å². The summed E-state index contributed by atoms with van der Waals surface area (Å²) in [6.07, 6.45) is 0. The molecule has 2 aromatic rings. The van der Waals surface area contributed by atoms with Crippen LogP contribution in [-0.4, -0.2) is 0 Å². The Hall–Kier alpha value is -0.580. The molecule has 0 aliphatic rings. The molecule has 0 bridgehead atoms. The second kappa shape index (κ2) is 6.04. The molecule has 0 heterocycles. The van der Waals surface area contributed by atoms with Crippen LogP contribution in [-0.2, 0) is 6.54 Å². The molecular formula is C13H9Br2ClFN. The fourth-order valence-corrected chi connectivity index (χ4v) is 2.46. The van der Waals surface area contributed by atoms with Gasteiger partial charge in [-0.3, -0.25) is 0 Å². The highest BCUT2D eigenvalue weighted by Gasteiger charge is 2.03. The zero-order valence-electron chi connectivity index (χ0n) is 9.18. The van der Waals surface area contributed by atoms with Crippen LogP contribution < -0.4 is 5.32 Å². The van der Waals surface area contributed by atoms with Gasteiger partial charge in [-0.15, -0.1) is 0 Å². The summed E-state index contributed by atoms with van der Waals surface area (Å²) in [5, 5.41) is 3.91. The van der Waals surface area contributed by atoms with Gasteiger partial charge >= 0.3 is 0 Å². The van der Waals surface area contributed by atoms with Gasteiger partial charge in [-0.05, 0) is 67.8 Å². The second-order valence-electron chi connectivity index (χ2n) is 3.73. The first-order valence-electron chi connectivity index (χ1n) is 5.19. The Morgan fingerprint density at radius 3 is 2.56 bits per heavy atom. The largest absolute Gasteiger partial charge is 0.380 e. The molecule has 5 heteroatoms. The van der Waals surface area contributed by atoms with Gasteiger partial charge in [0, 0.05) is 16.0 Å². The van der Waals surface area contributed by atoms with Crippen LogP contribution in [0, 0.1) is 5.82 Å². The minimum absolute atomic E-state index is 0.261. The maximum atomic E-state index is 13.1. The highest BCUT2D eigenvalue weighted by atomic mass is 79.9. The van der Waals surface area contributed by atoms with Crippen LogP contribution in [0.15, 0.2) is 45.3 Å². The van der Waals surface area contributed by atoms with Gasteiger partial charge in [-0.25, -0.2) is 4.39 Å². The van der Waals surface area contributed by atoms with E-state index in [0.29, 0.717) is 16.0 Å². The molecule has 0 spiro atoms. The Bertz CT molecular complexity index is 575. The smallest absolute Gasteiger partial charge is 0.137 e. The molecule has 1 nitrogen and oxygen atoms in total. The third kappa shape index (κ3) is 3.46. The molecule has 18 heavy (non-hydrogen) atoms. The van der Waals surface area contributed by atoms with Crippen molar-refractivity contribution in [2.45, 2.75) is 6.54 Å².